The number of amides is 2. The fourth-order valence-electron chi connectivity index (χ4n) is 9.25. The summed E-state index contributed by atoms with van der Waals surface area (Å²) in [6.45, 7) is 15.2. The minimum absolute atomic E-state index is 0.0600. The molecule has 0 bridgehead atoms. The maximum Gasteiger partial charge on any atom is 0.248 e. The lowest BCUT2D eigenvalue weighted by Gasteiger charge is -2.46. The number of methoxy groups -OCH3 is 1. The fourth-order valence-corrected chi connectivity index (χ4v) is 9.25. The molecule has 7 rings (SSSR count). The van der Waals surface area contributed by atoms with Crippen LogP contribution < -0.4 is 10.5 Å². The lowest BCUT2D eigenvalue weighted by atomic mass is 9.81. The van der Waals surface area contributed by atoms with E-state index in [9.17, 15) is 4.79 Å². The first-order valence-corrected chi connectivity index (χ1v) is 17.3. The van der Waals surface area contributed by atoms with Crippen LogP contribution in [-0.2, 0) is 11.3 Å². The van der Waals surface area contributed by atoms with Crippen molar-refractivity contribution < 1.29 is 14.3 Å². The van der Waals surface area contributed by atoms with Crippen molar-refractivity contribution in [2.45, 2.75) is 82.8 Å². The molecule has 246 valence electrons. The van der Waals surface area contributed by atoms with Crippen LogP contribution in [0.15, 0.2) is 73.4 Å². The molecule has 1 aromatic heterocycles. The van der Waals surface area contributed by atoms with E-state index < -0.39 is 11.3 Å². The first-order chi connectivity index (χ1) is 22.7. The molecule has 3 heterocycles. The Morgan fingerprint density at radius 3 is 2.45 bits per heavy atom. The van der Waals surface area contributed by atoms with Crippen molar-refractivity contribution in [3.05, 3.63) is 90.0 Å². The normalized spacial score (nSPS) is 26.1. The van der Waals surface area contributed by atoms with Crippen LogP contribution in [0.4, 0.5) is 0 Å². The summed E-state index contributed by atoms with van der Waals surface area (Å²) in [5.74, 6) is 1.15. The van der Waals surface area contributed by atoms with Crippen molar-refractivity contribution in [2.24, 2.45) is 11.1 Å². The SMILES string of the molecule is C=C/C=C(\C=C)CN1C[C@@H](C)N(C(=O)C23CC2c2cc(OC)ccc2-c2c(C4CCCCC4)c4ccc(C(N)=O)cc4n2C3)[C@@H](C)C1. The van der Waals surface area contributed by atoms with Gasteiger partial charge in [0.05, 0.1) is 18.2 Å². The maximum atomic E-state index is 15.1. The van der Waals surface area contributed by atoms with Gasteiger partial charge in [0, 0.05) is 66.2 Å². The van der Waals surface area contributed by atoms with Gasteiger partial charge in [-0.1, -0.05) is 56.7 Å². The smallest absolute Gasteiger partial charge is 0.248 e. The van der Waals surface area contributed by atoms with E-state index in [2.05, 4.69) is 65.6 Å². The van der Waals surface area contributed by atoms with Crippen LogP contribution in [0.25, 0.3) is 22.2 Å². The molecular weight excluding hydrogens is 584 g/mol. The van der Waals surface area contributed by atoms with Crippen molar-refractivity contribution in [3.63, 3.8) is 0 Å². The Kier molecular flexibility index (Phi) is 8.15. The first-order valence-electron chi connectivity index (χ1n) is 17.3. The molecule has 7 heteroatoms. The fraction of sp³-hybridized carbons (Fsp3) is 0.450. The van der Waals surface area contributed by atoms with Gasteiger partial charge < -0.3 is 19.9 Å². The van der Waals surface area contributed by atoms with E-state index in [0.717, 1.165) is 55.7 Å². The summed E-state index contributed by atoms with van der Waals surface area (Å²) in [6.07, 6.45) is 12.5. The Morgan fingerprint density at radius 1 is 1.04 bits per heavy atom. The van der Waals surface area contributed by atoms with Crippen molar-refractivity contribution in [3.8, 4) is 17.0 Å². The number of ether oxygens (including phenoxy) is 1. The standard InChI is InChI=1S/C40H48N4O3/c1-6-11-27(7-2)23-42-21-25(3)44(26(4)22-42)39(46)40-20-34(40)33-19-30(47-5)15-17-31(33)37-36(28-12-9-8-10-13-28)32-16-14-29(38(41)45)18-35(32)43(37)24-40/h6-7,11,14-19,25-26,28,34H,1-2,8-10,12-13,20-24H2,3-5H3,(H2,41,45)/b27-11+/t25-,26+,34?,40?. The molecule has 1 saturated heterocycles. The highest BCUT2D eigenvalue weighted by Gasteiger charge is 2.64. The molecular formula is C40H48N4O3. The van der Waals surface area contributed by atoms with Crippen LogP contribution in [0, 0.1) is 5.41 Å². The quantitative estimate of drug-likeness (QED) is 0.267. The molecule has 2 unspecified atom stereocenters. The number of rotatable bonds is 8. The third-order valence-electron chi connectivity index (χ3n) is 11.5. The van der Waals surface area contributed by atoms with Crippen LogP contribution in [-0.4, -0.2) is 65.0 Å². The van der Waals surface area contributed by atoms with Crippen molar-refractivity contribution in [2.75, 3.05) is 26.7 Å². The second-order valence-electron chi connectivity index (χ2n) is 14.4. The van der Waals surface area contributed by atoms with Crippen LogP contribution in [0.5, 0.6) is 5.75 Å². The summed E-state index contributed by atoms with van der Waals surface area (Å²) in [5, 5.41) is 1.18. The topological polar surface area (TPSA) is 80.8 Å². The molecule has 0 radical (unpaired) electrons. The van der Waals surface area contributed by atoms with Gasteiger partial charge in [-0.15, -0.1) is 0 Å². The predicted molar refractivity (Wildman–Crippen MR) is 189 cm³/mol. The Balaban J connectivity index is 1.35. The summed E-state index contributed by atoms with van der Waals surface area (Å²) in [4.78, 5) is 32.2. The number of benzene rings is 2. The van der Waals surface area contributed by atoms with Gasteiger partial charge in [-0.2, -0.15) is 0 Å². The number of fused-ring (bicyclic) bond motifs is 7. The number of aromatic nitrogens is 1. The summed E-state index contributed by atoms with van der Waals surface area (Å²) in [7, 11) is 1.71. The van der Waals surface area contributed by atoms with Gasteiger partial charge in [0.25, 0.3) is 0 Å². The van der Waals surface area contributed by atoms with Crippen LogP contribution in [0.3, 0.4) is 0 Å². The highest BCUT2D eigenvalue weighted by molar-refractivity contribution is 6.01. The Bertz CT molecular complexity index is 1780. The predicted octanol–water partition coefficient (Wildman–Crippen LogP) is 7.17. The second-order valence-corrected chi connectivity index (χ2v) is 14.4. The van der Waals surface area contributed by atoms with Crippen molar-refractivity contribution in [1.82, 2.24) is 14.4 Å². The Labute approximate surface area is 278 Å². The molecule has 7 nitrogen and oxygen atoms in total. The molecule has 2 aliphatic carbocycles. The van der Waals surface area contributed by atoms with Crippen LogP contribution >= 0.6 is 0 Å². The average molecular weight is 633 g/mol. The Hall–Kier alpha value is -4.10. The molecule has 4 aliphatic rings. The van der Waals surface area contributed by atoms with E-state index in [-0.39, 0.29) is 23.9 Å². The molecule has 2 amide bonds. The second kappa shape index (κ2) is 12.2. The van der Waals surface area contributed by atoms with E-state index in [1.54, 1.807) is 13.2 Å². The third-order valence-corrected chi connectivity index (χ3v) is 11.5. The molecule has 47 heavy (non-hydrogen) atoms. The van der Waals surface area contributed by atoms with Gasteiger partial charge >= 0.3 is 0 Å². The summed E-state index contributed by atoms with van der Waals surface area (Å²) < 4.78 is 8.15. The van der Waals surface area contributed by atoms with Gasteiger partial charge in [0.1, 0.15) is 5.75 Å². The van der Waals surface area contributed by atoms with E-state index in [4.69, 9.17) is 10.5 Å². The van der Waals surface area contributed by atoms with Gasteiger partial charge in [0.2, 0.25) is 11.8 Å². The molecule has 2 aliphatic heterocycles. The van der Waals surface area contributed by atoms with E-state index in [1.807, 2.05) is 24.3 Å². The van der Waals surface area contributed by atoms with Gasteiger partial charge in [-0.3, -0.25) is 14.5 Å². The number of nitrogens with two attached hydrogens (primary N) is 1. The van der Waals surface area contributed by atoms with Crippen molar-refractivity contribution in [1.29, 1.82) is 0 Å². The minimum Gasteiger partial charge on any atom is -0.497 e. The average Bonchev–Trinajstić information content (AvgIpc) is 3.74. The number of nitrogens with zero attached hydrogens (tertiary/aromatic N) is 3. The highest BCUT2D eigenvalue weighted by atomic mass is 16.5. The molecule has 3 fully saturated rings. The Morgan fingerprint density at radius 2 is 1.79 bits per heavy atom. The van der Waals surface area contributed by atoms with Gasteiger partial charge in [-0.05, 0) is 86.1 Å². The monoisotopic (exact) mass is 632 g/mol. The number of carbonyl (C=O) groups is 2. The summed E-state index contributed by atoms with van der Waals surface area (Å²) >= 11 is 0. The molecule has 0 spiro atoms. The van der Waals surface area contributed by atoms with E-state index >= 15 is 4.79 Å². The third kappa shape index (κ3) is 5.23. The lowest BCUT2D eigenvalue weighted by Crippen LogP contribution is -2.60. The first kappa shape index (κ1) is 31.5. The maximum absolute atomic E-state index is 15.1. The molecule has 4 atom stereocenters. The number of primary amides is 1. The molecule has 3 aromatic rings. The summed E-state index contributed by atoms with van der Waals surface area (Å²) in [5.41, 5.74) is 12.9. The largest absolute Gasteiger partial charge is 0.497 e. The lowest BCUT2D eigenvalue weighted by molar-refractivity contribution is -0.145. The number of piperazine rings is 1. The van der Waals surface area contributed by atoms with Crippen LogP contribution in [0.1, 0.15) is 85.7 Å². The van der Waals surface area contributed by atoms with E-state index in [0.29, 0.717) is 18.0 Å². The zero-order valence-electron chi connectivity index (χ0n) is 28.1. The van der Waals surface area contributed by atoms with E-state index in [1.165, 1.54) is 47.0 Å². The number of carbonyl (C=O) groups excluding carboxylic acids is 2. The van der Waals surface area contributed by atoms with Gasteiger partial charge in [0.15, 0.2) is 0 Å². The zero-order chi connectivity index (χ0) is 33.0. The number of allylic oxidation sites excluding steroid dienone is 2. The highest BCUT2D eigenvalue weighted by Crippen LogP contribution is 2.66. The van der Waals surface area contributed by atoms with Crippen LogP contribution in [0.2, 0.25) is 0 Å². The number of hydrogen-bond donors (Lipinski definition) is 1. The minimum atomic E-state index is -0.579. The van der Waals surface area contributed by atoms with Crippen molar-refractivity contribution >= 4 is 22.7 Å². The molecule has 2 aromatic carbocycles. The zero-order valence-corrected chi connectivity index (χ0v) is 28.1. The summed E-state index contributed by atoms with van der Waals surface area (Å²) in [6, 6.07) is 12.5. The molecule has 2 N–H and O–H groups in total. The molecule has 2 saturated carbocycles. The number of hydrogen-bond acceptors (Lipinski definition) is 4. The van der Waals surface area contributed by atoms with Gasteiger partial charge in [-0.25, -0.2) is 0 Å².